The average Bonchev–Trinajstić information content (AvgIpc) is 2.61. The zero-order valence-corrected chi connectivity index (χ0v) is 16.5. The third kappa shape index (κ3) is 4.52. The lowest BCUT2D eigenvalue weighted by atomic mass is 10.00. The summed E-state index contributed by atoms with van der Waals surface area (Å²) in [5, 5.41) is 0. The number of hydrogen-bond donors (Lipinski definition) is 1. The van der Waals surface area contributed by atoms with Gasteiger partial charge >= 0.3 is 0 Å². The van der Waals surface area contributed by atoms with Gasteiger partial charge in [0.05, 0.1) is 10.6 Å². The van der Waals surface area contributed by atoms with E-state index in [2.05, 4.69) is 29.9 Å². The fourth-order valence-corrected chi connectivity index (χ4v) is 3.62. The highest BCUT2D eigenvalue weighted by Gasteiger charge is 2.10. The van der Waals surface area contributed by atoms with Gasteiger partial charge in [0, 0.05) is 17.5 Å². The Labute approximate surface area is 160 Å². The van der Waals surface area contributed by atoms with Gasteiger partial charge in [-0.05, 0) is 61.6 Å². The Morgan fingerprint density at radius 3 is 2.33 bits per heavy atom. The van der Waals surface area contributed by atoms with Crippen LogP contribution in [0.2, 0.25) is 0 Å². The van der Waals surface area contributed by atoms with Crippen molar-refractivity contribution in [1.82, 2.24) is 9.97 Å². The molecule has 140 valence electrons. The lowest BCUT2D eigenvalue weighted by Gasteiger charge is -2.10. The second kappa shape index (κ2) is 7.48. The number of rotatable bonds is 5. The van der Waals surface area contributed by atoms with E-state index in [9.17, 15) is 8.42 Å². The fraction of sp³-hybridized carbons (Fsp3) is 0.238. The first kappa shape index (κ1) is 19.0. The van der Waals surface area contributed by atoms with Crippen LogP contribution in [0.4, 0.5) is 5.95 Å². The lowest BCUT2D eigenvalue weighted by Crippen LogP contribution is -2.03. The molecular formula is C21H23N3O2S. The minimum Gasteiger partial charge on any atom is -0.368 e. The van der Waals surface area contributed by atoms with Gasteiger partial charge in [-0.1, -0.05) is 30.3 Å². The van der Waals surface area contributed by atoms with E-state index in [0.29, 0.717) is 11.3 Å². The topological polar surface area (TPSA) is 85.9 Å². The molecule has 0 aliphatic carbocycles. The molecule has 27 heavy (non-hydrogen) atoms. The highest BCUT2D eigenvalue weighted by molar-refractivity contribution is 7.90. The number of nitrogens with zero attached hydrogens (tertiary/aromatic N) is 2. The van der Waals surface area contributed by atoms with Crippen LogP contribution in [-0.2, 0) is 22.7 Å². The van der Waals surface area contributed by atoms with E-state index >= 15 is 0 Å². The van der Waals surface area contributed by atoms with Crippen molar-refractivity contribution in [2.24, 2.45) is 0 Å². The van der Waals surface area contributed by atoms with Crippen molar-refractivity contribution < 1.29 is 8.42 Å². The first-order chi connectivity index (χ1) is 12.7. The monoisotopic (exact) mass is 381 g/mol. The van der Waals surface area contributed by atoms with Gasteiger partial charge in [-0.3, -0.25) is 0 Å². The van der Waals surface area contributed by atoms with Crippen LogP contribution < -0.4 is 5.73 Å². The summed E-state index contributed by atoms with van der Waals surface area (Å²) in [4.78, 5) is 9.08. The second-order valence-corrected chi connectivity index (χ2v) is 8.78. The van der Waals surface area contributed by atoms with Crippen LogP contribution in [0.1, 0.15) is 22.4 Å². The number of benzene rings is 2. The number of aromatic nitrogens is 2. The summed E-state index contributed by atoms with van der Waals surface area (Å²) in [6.45, 7) is 4.15. The number of anilines is 1. The first-order valence-electron chi connectivity index (χ1n) is 8.73. The zero-order chi connectivity index (χ0) is 19.6. The zero-order valence-electron chi connectivity index (χ0n) is 15.7. The third-order valence-electron chi connectivity index (χ3n) is 4.70. The molecule has 3 rings (SSSR count). The maximum absolute atomic E-state index is 11.6. The molecule has 6 heteroatoms. The van der Waals surface area contributed by atoms with Crippen molar-refractivity contribution in [3.63, 3.8) is 0 Å². The quantitative estimate of drug-likeness (QED) is 0.731. The molecule has 0 bridgehead atoms. The fourth-order valence-electron chi connectivity index (χ4n) is 2.99. The Morgan fingerprint density at radius 2 is 1.67 bits per heavy atom. The minimum atomic E-state index is -3.17. The Balaban J connectivity index is 1.82. The highest BCUT2D eigenvalue weighted by Crippen LogP contribution is 2.25. The SMILES string of the molecule is Cc1cccc(-c2cc(CCc3ccc(S(C)(=O)=O)cc3)nc(N)n2)c1C. The molecule has 0 aliphatic heterocycles. The Morgan fingerprint density at radius 1 is 0.963 bits per heavy atom. The molecule has 0 atom stereocenters. The van der Waals surface area contributed by atoms with E-state index in [-0.39, 0.29) is 5.95 Å². The lowest BCUT2D eigenvalue weighted by molar-refractivity contribution is 0.602. The van der Waals surface area contributed by atoms with Gasteiger partial charge in [0.25, 0.3) is 0 Å². The van der Waals surface area contributed by atoms with Gasteiger partial charge in [0.15, 0.2) is 9.84 Å². The van der Waals surface area contributed by atoms with Gasteiger partial charge < -0.3 is 5.73 Å². The van der Waals surface area contributed by atoms with Crippen LogP contribution >= 0.6 is 0 Å². The van der Waals surface area contributed by atoms with E-state index in [1.54, 1.807) is 12.1 Å². The summed E-state index contributed by atoms with van der Waals surface area (Å²) in [7, 11) is -3.17. The molecular weight excluding hydrogens is 358 g/mol. The van der Waals surface area contributed by atoms with Gasteiger partial charge in [-0.25, -0.2) is 18.4 Å². The molecule has 2 N–H and O–H groups in total. The molecule has 0 amide bonds. The number of sulfone groups is 1. The summed E-state index contributed by atoms with van der Waals surface area (Å²) >= 11 is 0. The van der Waals surface area contributed by atoms with Crippen LogP contribution in [-0.4, -0.2) is 24.6 Å². The highest BCUT2D eigenvalue weighted by atomic mass is 32.2. The van der Waals surface area contributed by atoms with Gasteiger partial charge in [0.1, 0.15) is 0 Å². The Hall–Kier alpha value is -2.73. The van der Waals surface area contributed by atoms with Crippen molar-refractivity contribution in [1.29, 1.82) is 0 Å². The molecule has 0 saturated carbocycles. The van der Waals surface area contributed by atoms with Crippen molar-refractivity contribution in [2.75, 3.05) is 12.0 Å². The third-order valence-corrected chi connectivity index (χ3v) is 5.83. The number of aryl methyl sites for hydroxylation is 3. The summed E-state index contributed by atoms with van der Waals surface area (Å²) in [5.41, 5.74) is 12.1. The first-order valence-corrected chi connectivity index (χ1v) is 10.6. The molecule has 1 aromatic heterocycles. The largest absolute Gasteiger partial charge is 0.368 e. The molecule has 0 radical (unpaired) electrons. The van der Waals surface area contributed by atoms with Crippen LogP contribution in [0.3, 0.4) is 0 Å². The average molecular weight is 382 g/mol. The Kier molecular flexibility index (Phi) is 5.28. The van der Waals surface area contributed by atoms with Crippen molar-refractivity contribution >= 4 is 15.8 Å². The van der Waals surface area contributed by atoms with Crippen molar-refractivity contribution in [2.45, 2.75) is 31.6 Å². The van der Waals surface area contributed by atoms with E-state index in [4.69, 9.17) is 5.73 Å². The summed E-state index contributed by atoms with van der Waals surface area (Å²) in [6.07, 6.45) is 2.65. The molecule has 3 aromatic rings. The van der Waals surface area contributed by atoms with E-state index in [0.717, 1.165) is 28.9 Å². The van der Waals surface area contributed by atoms with Crippen molar-refractivity contribution in [3.05, 3.63) is 70.9 Å². The van der Waals surface area contributed by atoms with Crippen LogP contribution in [0.15, 0.2) is 53.4 Å². The normalized spacial score (nSPS) is 11.5. The van der Waals surface area contributed by atoms with Crippen LogP contribution in [0.25, 0.3) is 11.3 Å². The predicted molar refractivity (Wildman–Crippen MR) is 108 cm³/mol. The van der Waals surface area contributed by atoms with Gasteiger partial charge in [-0.2, -0.15) is 0 Å². The molecule has 0 spiro atoms. The predicted octanol–water partition coefficient (Wildman–Crippen LogP) is 3.53. The summed E-state index contributed by atoms with van der Waals surface area (Å²) < 4.78 is 23.1. The van der Waals surface area contributed by atoms with E-state index < -0.39 is 9.84 Å². The van der Waals surface area contributed by atoms with Gasteiger partial charge in [-0.15, -0.1) is 0 Å². The summed E-state index contributed by atoms with van der Waals surface area (Å²) in [6, 6.07) is 15.1. The van der Waals surface area contributed by atoms with Gasteiger partial charge in [0.2, 0.25) is 5.95 Å². The number of nitrogen functional groups attached to an aromatic ring is 1. The van der Waals surface area contributed by atoms with E-state index in [1.165, 1.54) is 17.4 Å². The number of nitrogens with two attached hydrogens (primary N) is 1. The molecule has 0 aliphatic rings. The van der Waals surface area contributed by atoms with Crippen LogP contribution in [0, 0.1) is 13.8 Å². The smallest absolute Gasteiger partial charge is 0.220 e. The maximum Gasteiger partial charge on any atom is 0.220 e. The molecule has 0 unspecified atom stereocenters. The maximum atomic E-state index is 11.6. The standard InChI is InChI=1S/C21H23N3O2S/c1-14-5-4-6-19(15(14)2)20-13-17(23-21(22)24-20)10-7-16-8-11-18(12-9-16)27(3,25)26/h4-6,8-9,11-13H,7,10H2,1-3H3,(H2,22,23,24). The second-order valence-electron chi connectivity index (χ2n) is 6.77. The minimum absolute atomic E-state index is 0.260. The van der Waals surface area contributed by atoms with Crippen LogP contribution in [0.5, 0.6) is 0 Å². The molecule has 1 heterocycles. The summed E-state index contributed by atoms with van der Waals surface area (Å²) in [5.74, 6) is 0.260. The Bertz CT molecular complexity index is 1080. The van der Waals surface area contributed by atoms with E-state index in [1.807, 2.05) is 30.3 Å². The van der Waals surface area contributed by atoms with Crippen molar-refractivity contribution in [3.8, 4) is 11.3 Å². The number of hydrogen-bond acceptors (Lipinski definition) is 5. The molecule has 5 nitrogen and oxygen atoms in total. The molecule has 0 fully saturated rings. The molecule has 0 saturated heterocycles. The molecule has 2 aromatic carbocycles.